The Morgan fingerprint density at radius 2 is 1.79 bits per heavy atom. The molecular weight excluding hydrogens is 578 g/mol. The number of thiazole rings is 1. The van der Waals surface area contributed by atoms with Gasteiger partial charge in [0, 0.05) is 18.2 Å². The lowest BCUT2D eigenvalue weighted by Gasteiger charge is -2.25. The van der Waals surface area contributed by atoms with Gasteiger partial charge in [-0.1, -0.05) is 17.4 Å². The normalized spacial score (nSPS) is 14.6. The van der Waals surface area contributed by atoms with Gasteiger partial charge in [-0.2, -0.15) is 0 Å². The van der Waals surface area contributed by atoms with E-state index in [2.05, 4.69) is 4.99 Å². The Bertz CT molecular complexity index is 1950. The van der Waals surface area contributed by atoms with Crippen molar-refractivity contribution in [2.75, 3.05) is 27.9 Å². The van der Waals surface area contributed by atoms with Gasteiger partial charge in [-0.25, -0.2) is 9.79 Å². The van der Waals surface area contributed by atoms with Crippen LogP contribution in [0.15, 0.2) is 74.0 Å². The van der Waals surface area contributed by atoms with Crippen LogP contribution in [-0.4, -0.2) is 43.4 Å². The average Bonchev–Trinajstić information content (AvgIpc) is 3.59. The van der Waals surface area contributed by atoms with E-state index in [1.165, 1.54) is 44.1 Å². The SMILES string of the molecule is CCOC(=O)C1=C(C)N=c2sc(=Cc3ccc(-c4cc([N+](=O)[O-])ccc4OC)o3)c(=O)n2C1c1ccc(OC)c(OC)c1. The summed E-state index contributed by atoms with van der Waals surface area (Å²) < 4.78 is 29.3. The van der Waals surface area contributed by atoms with E-state index >= 15 is 0 Å². The van der Waals surface area contributed by atoms with Gasteiger partial charge in [-0.05, 0) is 49.7 Å². The zero-order chi connectivity index (χ0) is 30.8. The van der Waals surface area contributed by atoms with Gasteiger partial charge < -0.3 is 23.4 Å². The highest BCUT2D eigenvalue weighted by Crippen LogP contribution is 2.37. The summed E-state index contributed by atoms with van der Waals surface area (Å²) in [5.41, 5.74) is 1.12. The van der Waals surface area contributed by atoms with Crippen molar-refractivity contribution in [2.45, 2.75) is 19.9 Å². The summed E-state index contributed by atoms with van der Waals surface area (Å²) in [6.07, 6.45) is 1.56. The van der Waals surface area contributed by atoms with Gasteiger partial charge in [0.05, 0.1) is 60.3 Å². The summed E-state index contributed by atoms with van der Waals surface area (Å²) in [5, 5.41) is 11.3. The molecule has 0 saturated carbocycles. The number of ether oxygens (including phenoxy) is 4. The lowest BCUT2D eigenvalue weighted by molar-refractivity contribution is -0.384. The van der Waals surface area contributed by atoms with Gasteiger partial charge in [-0.3, -0.25) is 19.5 Å². The van der Waals surface area contributed by atoms with Crippen LogP contribution >= 0.6 is 11.3 Å². The first-order valence-electron chi connectivity index (χ1n) is 13.0. The molecule has 12 nitrogen and oxygen atoms in total. The van der Waals surface area contributed by atoms with E-state index in [0.717, 1.165) is 11.3 Å². The molecule has 0 fully saturated rings. The second-order valence-electron chi connectivity index (χ2n) is 9.26. The molecule has 13 heteroatoms. The molecule has 4 aromatic rings. The number of nitro benzene ring substituents is 1. The molecule has 1 aliphatic heterocycles. The number of carbonyl (C=O) groups excluding carboxylic acids is 1. The molecule has 0 saturated heterocycles. The van der Waals surface area contributed by atoms with Gasteiger partial charge >= 0.3 is 5.97 Å². The van der Waals surface area contributed by atoms with Crippen LogP contribution in [0.1, 0.15) is 31.2 Å². The molecule has 0 radical (unpaired) electrons. The van der Waals surface area contributed by atoms with Crippen LogP contribution in [-0.2, 0) is 9.53 Å². The minimum atomic E-state index is -0.849. The van der Waals surface area contributed by atoms with Crippen LogP contribution in [0.3, 0.4) is 0 Å². The zero-order valence-corrected chi connectivity index (χ0v) is 24.7. The highest BCUT2D eigenvalue weighted by Gasteiger charge is 2.34. The molecule has 1 aliphatic rings. The number of allylic oxidation sites excluding steroid dienone is 1. The molecule has 0 bridgehead atoms. The number of fused-ring (bicyclic) bond motifs is 1. The number of esters is 1. The maximum atomic E-state index is 13.9. The fraction of sp³-hybridized carbons (Fsp3) is 0.233. The van der Waals surface area contributed by atoms with Crippen molar-refractivity contribution >= 4 is 29.1 Å². The highest BCUT2D eigenvalue weighted by molar-refractivity contribution is 7.07. The van der Waals surface area contributed by atoms with E-state index in [-0.39, 0.29) is 17.9 Å². The lowest BCUT2D eigenvalue weighted by atomic mass is 9.95. The molecule has 0 aliphatic carbocycles. The van der Waals surface area contributed by atoms with E-state index < -0.39 is 22.5 Å². The summed E-state index contributed by atoms with van der Waals surface area (Å²) in [6.45, 7) is 3.55. The fourth-order valence-electron chi connectivity index (χ4n) is 4.84. The standard InChI is InChI=1S/C30H27N3O9S/c1-6-41-29(35)26-16(2)31-30-32(27(26)17-7-10-23(39-4)24(13-17)40-5)28(34)25(43-30)15-19-9-12-22(42-19)20-14-18(33(36)37)8-11-21(20)38-3/h7-15,27H,6H2,1-5H3. The van der Waals surface area contributed by atoms with Crippen LogP contribution < -0.4 is 29.1 Å². The summed E-state index contributed by atoms with van der Waals surface area (Å²) in [4.78, 5) is 42.9. The van der Waals surface area contributed by atoms with Gasteiger partial charge in [-0.15, -0.1) is 0 Å². The Balaban J connectivity index is 1.65. The van der Waals surface area contributed by atoms with Crippen LogP contribution in [0.4, 0.5) is 5.69 Å². The molecule has 3 heterocycles. The Morgan fingerprint density at radius 3 is 2.47 bits per heavy atom. The molecule has 2 aromatic carbocycles. The Morgan fingerprint density at radius 1 is 1.07 bits per heavy atom. The number of rotatable bonds is 9. The predicted molar refractivity (Wildman–Crippen MR) is 157 cm³/mol. The maximum Gasteiger partial charge on any atom is 0.338 e. The third-order valence-electron chi connectivity index (χ3n) is 6.80. The minimum absolute atomic E-state index is 0.120. The monoisotopic (exact) mass is 605 g/mol. The second kappa shape index (κ2) is 12.0. The molecule has 0 spiro atoms. The molecule has 1 unspecified atom stereocenters. The van der Waals surface area contributed by atoms with E-state index in [4.69, 9.17) is 23.4 Å². The number of non-ortho nitro benzene ring substituents is 1. The third-order valence-corrected chi connectivity index (χ3v) is 7.78. The predicted octanol–water partition coefficient (Wildman–Crippen LogP) is 3.99. The highest BCUT2D eigenvalue weighted by atomic mass is 32.1. The van der Waals surface area contributed by atoms with Crippen LogP contribution in [0.2, 0.25) is 0 Å². The van der Waals surface area contributed by atoms with Crippen molar-refractivity contribution < 1.29 is 33.1 Å². The summed E-state index contributed by atoms with van der Waals surface area (Å²) in [6, 6.07) is 11.8. The van der Waals surface area contributed by atoms with Crippen molar-refractivity contribution in [2.24, 2.45) is 4.99 Å². The van der Waals surface area contributed by atoms with Gasteiger partial charge in [0.25, 0.3) is 11.2 Å². The number of nitrogens with zero attached hydrogens (tertiary/aromatic N) is 3. The van der Waals surface area contributed by atoms with Gasteiger partial charge in [0.15, 0.2) is 16.3 Å². The number of hydrogen-bond acceptors (Lipinski definition) is 11. The molecule has 43 heavy (non-hydrogen) atoms. The Hall–Kier alpha value is -5.17. The number of nitro groups is 1. The largest absolute Gasteiger partial charge is 0.496 e. The summed E-state index contributed by atoms with van der Waals surface area (Å²) in [5.74, 6) is 1.38. The van der Waals surface area contributed by atoms with Crippen LogP contribution in [0.25, 0.3) is 17.4 Å². The van der Waals surface area contributed by atoms with Crippen molar-refractivity contribution in [1.29, 1.82) is 0 Å². The molecule has 0 N–H and O–H groups in total. The first-order valence-corrected chi connectivity index (χ1v) is 13.9. The first-order chi connectivity index (χ1) is 20.7. The number of methoxy groups -OCH3 is 3. The molecule has 1 atom stereocenters. The zero-order valence-electron chi connectivity index (χ0n) is 23.9. The second-order valence-corrected chi connectivity index (χ2v) is 10.3. The van der Waals surface area contributed by atoms with Crippen LogP contribution in [0.5, 0.6) is 17.2 Å². The van der Waals surface area contributed by atoms with E-state index in [1.807, 2.05) is 0 Å². The lowest BCUT2D eigenvalue weighted by Crippen LogP contribution is -2.39. The topological polar surface area (TPSA) is 145 Å². The molecule has 0 amide bonds. The number of hydrogen-bond donors (Lipinski definition) is 0. The quantitative estimate of drug-likeness (QED) is 0.157. The minimum Gasteiger partial charge on any atom is -0.496 e. The van der Waals surface area contributed by atoms with Gasteiger partial charge in [0.2, 0.25) is 0 Å². The van der Waals surface area contributed by atoms with E-state index in [0.29, 0.717) is 54.9 Å². The summed E-state index contributed by atoms with van der Waals surface area (Å²) >= 11 is 1.13. The maximum absolute atomic E-state index is 13.9. The number of carbonyl (C=O) groups is 1. The van der Waals surface area contributed by atoms with Crippen molar-refractivity contribution in [3.05, 3.63) is 101 Å². The fourth-order valence-corrected chi connectivity index (χ4v) is 5.86. The van der Waals surface area contributed by atoms with Gasteiger partial charge in [0.1, 0.15) is 17.3 Å². The third kappa shape index (κ3) is 5.42. The summed E-state index contributed by atoms with van der Waals surface area (Å²) in [7, 11) is 4.47. The number of aromatic nitrogens is 1. The van der Waals surface area contributed by atoms with Crippen molar-refractivity contribution in [1.82, 2.24) is 4.57 Å². The Labute approximate surface area is 248 Å². The smallest absolute Gasteiger partial charge is 0.338 e. The van der Waals surface area contributed by atoms with Crippen LogP contribution in [0, 0.1) is 10.1 Å². The first kappa shape index (κ1) is 29.3. The molecule has 2 aromatic heterocycles. The molecular formula is C30H27N3O9S. The van der Waals surface area contributed by atoms with Crippen molar-refractivity contribution in [3.63, 3.8) is 0 Å². The number of furan rings is 1. The van der Waals surface area contributed by atoms with E-state index in [9.17, 15) is 19.7 Å². The van der Waals surface area contributed by atoms with Crippen molar-refractivity contribution in [3.8, 4) is 28.6 Å². The van der Waals surface area contributed by atoms with E-state index in [1.54, 1.807) is 50.3 Å². The average molecular weight is 606 g/mol. The number of benzene rings is 2. The molecule has 5 rings (SSSR count). The Kier molecular flexibility index (Phi) is 8.17. The molecule has 222 valence electrons.